The minimum atomic E-state index is -1.20. The van der Waals surface area contributed by atoms with Gasteiger partial charge in [-0.3, -0.25) is 0 Å². The maximum Gasteiger partial charge on any atom is 0.0806 e. The Kier molecular flexibility index (Phi) is 20.3. The monoisotopic (exact) mass is 471 g/mol. The van der Waals surface area contributed by atoms with Crippen molar-refractivity contribution < 1.29 is 0 Å². The summed E-state index contributed by atoms with van der Waals surface area (Å²) in [6, 6.07) is 12.7. The fourth-order valence-corrected chi connectivity index (χ4v) is 7.65. The van der Waals surface area contributed by atoms with Crippen molar-refractivity contribution in [3.8, 4) is 0 Å². The number of hydrogen-bond acceptors (Lipinski definition) is 0. The van der Waals surface area contributed by atoms with Crippen LogP contribution < -0.4 is 5.19 Å². The van der Waals surface area contributed by atoms with Crippen LogP contribution in [0.25, 0.3) is 0 Å². The smallest absolute Gasteiger partial charge is 0.0654 e. The Hall–Kier alpha value is -0.563. The van der Waals surface area contributed by atoms with Crippen LogP contribution in [0.5, 0.6) is 0 Å². The van der Waals surface area contributed by atoms with Crippen LogP contribution in [0.1, 0.15) is 141 Å². The zero-order chi connectivity index (χ0) is 23.9. The highest BCUT2D eigenvalue weighted by Crippen LogP contribution is 2.18. The lowest BCUT2D eigenvalue weighted by molar-refractivity contribution is 0.520. The minimum Gasteiger partial charge on any atom is -0.0654 e. The molecule has 0 atom stereocenters. The lowest BCUT2D eigenvalue weighted by atomic mass is 10.0. The van der Waals surface area contributed by atoms with Crippen LogP contribution in [-0.4, -0.2) is 8.07 Å². The van der Waals surface area contributed by atoms with Gasteiger partial charge in [-0.05, 0) is 0 Å². The Morgan fingerprint density at radius 3 is 1.09 bits per heavy atom. The van der Waals surface area contributed by atoms with Gasteiger partial charge in [-0.1, -0.05) is 203 Å². The van der Waals surface area contributed by atoms with Crippen LogP contribution in [0, 0.1) is 6.92 Å². The van der Waals surface area contributed by atoms with Crippen molar-refractivity contribution in [2.75, 3.05) is 0 Å². The summed E-state index contributed by atoms with van der Waals surface area (Å²) < 4.78 is 0. The van der Waals surface area contributed by atoms with Gasteiger partial charge >= 0.3 is 0 Å². The highest BCUT2D eigenvalue weighted by atomic mass is 28.3. The van der Waals surface area contributed by atoms with Gasteiger partial charge in [-0.15, -0.1) is 0 Å². The quantitative estimate of drug-likeness (QED) is 0.104. The lowest BCUT2D eigenvalue weighted by Crippen LogP contribution is -2.40. The van der Waals surface area contributed by atoms with E-state index in [1.54, 1.807) is 5.19 Å². The van der Waals surface area contributed by atoms with Gasteiger partial charge in [0.2, 0.25) is 0 Å². The van der Waals surface area contributed by atoms with Gasteiger partial charge in [0.1, 0.15) is 0 Å². The van der Waals surface area contributed by atoms with Crippen molar-refractivity contribution in [2.24, 2.45) is 0 Å². The first-order chi connectivity index (χ1) is 16.2. The van der Waals surface area contributed by atoms with Crippen molar-refractivity contribution in [1.82, 2.24) is 0 Å². The summed E-state index contributed by atoms with van der Waals surface area (Å²) in [5.41, 5.74) is 0. The van der Waals surface area contributed by atoms with E-state index in [-0.39, 0.29) is 0 Å². The molecule has 0 aliphatic carbocycles. The Morgan fingerprint density at radius 2 is 0.758 bits per heavy atom. The second kappa shape index (κ2) is 21.9. The minimum absolute atomic E-state index is 1.12. The topological polar surface area (TPSA) is 0 Å². The zero-order valence-corrected chi connectivity index (χ0v) is 23.9. The molecule has 0 aliphatic heterocycles. The number of rotatable bonds is 24. The first-order valence-corrected chi connectivity index (χ1v) is 18.2. The molecule has 1 aromatic rings. The first-order valence-electron chi connectivity index (χ1n) is 15.0. The summed E-state index contributed by atoms with van der Waals surface area (Å²) in [7, 11) is -1.20. The molecule has 0 unspecified atom stereocenters. The molecule has 0 aromatic heterocycles. The molecule has 1 heteroatoms. The van der Waals surface area contributed by atoms with Gasteiger partial charge in [-0.2, -0.15) is 0 Å². The SMILES string of the molecule is [CH2]CCCCCCCCCCCCCCCCCCCCCCC[Si](C)(C)c1ccccc1. The van der Waals surface area contributed by atoms with E-state index in [2.05, 4.69) is 50.3 Å². The average molecular weight is 472 g/mol. The fourth-order valence-electron chi connectivity index (χ4n) is 5.14. The van der Waals surface area contributed by atoms with Crippen molar-refractivity contribution in [3.05, 3.63) is 37.3 Å². The van der Waals surface area contributed by atoms with E-state index in [4.69, 9.17) is 0 Å². The summed E-state index contributed by atoms with van der Waals surface area (Å²) >= 11 is 0. The molecular weight excluding hydrogens is 412 g/mol. The Labute approximate surface area is 210 Å². The number of unbranched alkanes of at least 4 members (excludes halogenated alkanes) is 21. The fraction of sp³-hybridized carbons (Fsp3) is 0.781. The molecule has 0 heterocycles. The molecule has 0 nitrogen and oxygen atoms in total. The Bertz CT molecular complexity index is 506. The lowest BCUT2D eigenvalue weighted by Gasteiger charge is -2.22. The van der Waals surface area contributed by atoms with Crippen molar-refractivity contribution in [1.29, 1.82) is 0 Å². The third-order valence-electron chi connectivity index (χ3n) is 7.61. The molecule has 33 heavy (non-hydrogen) atoms. The van der Waals surface area contributed by atoms with Gasteiger partial charge < -0.3 is 0 Å². The van der Waals surface area contributed by atoms with Gasteiger partial charge in [0.05, 0.1) is 8.07 Å². The number of hydrogen-bond donors (Lipinski definition) is 0. The van der Waals surface area contributed by atoms with E-state index in [0.717, 1.165) is 6.42 Å². The zero-order valence-electron chi connectivity index (χ0n) is 22.9. The molecule has 1 aromatic carbocycles. The van der Waals surface area contributed by atoms with E-state index in [0.29, 0.717) is 0 Å². The highest BCUT2D eigenvalue weighted by molar-refractivity contribution is 6.89. The van der Waals surface area contributed by atoms with Crippen LogP contribution in [0.2, 0.25) is 19.1 Å². The molecule has 0 bridgehead atoms. The van der Waals surface area contributed by atoms with Crippen LogP contribution in [0.15, 0.2) is 30.3 Å². The second-order valence-corrected chi connectivity index (χ2v) is 16.1. The summed E-state index contributed by atoms with van der Waals surface area (Å²) in [6.45, 7) is 9.00. The summed E-state index contributed by atoms with van der Waals surface area (Å²) in [5, 5.41) is 1.63. The van der Waals surface area contributed by atoms with E-state index < -0.39 is 8.07 Å². The van der Waals surface area contributed by atoms with Gasteiger partial charge in [0.15, 0.2) is 0 Å². The molecule has 0 aliphatic rings. The molecule has 0 fully saturated rings. The maximum absolute atomic E-state index is 3.92. The van der Waals surface area contributed by atoms with Crippen LogP contribution in [-0.2, 0) is 0 Å². The molecule has 1 radical (unpaired) electrons. The van der Waals surface area contributed by atoms with Gasteiger partial charge in [0.25, 0.3) is 0 Å². The number of benzene rings is 1. The third kappa shape index (κ3) is 18.4. The third-order valence-corrected chi connectivity index (χ3v) is 11.1. The largest absolute Gasteiger partial charge is 0.0806 e. The first kappa shape index (κ1) is 30.5. The summed E-state index contributed by atoms with van der Waals surface area (Å²) in [4.78, 5) is 0. The molecule has 1 rings (SSSR count). The van der Waals surface area contributed by atoms with Gasteiger partial charge in [0, 0.05) is 0 Å². The second-order valence-electron chi connectivity index (χ2n) is 11.3. The molecule has 191 valence electrons. The van der Waals surface area contributed by atoms with E-state index in [1.807, 2.05) is 0 Å². The molecule has 0 saturated heterocycles. The van der Waals surface area contributed by atoms with E-state index in [1.165, 1.54) is 141 Å². The standard InChI is InChI=1S/C32H59Si/c1-4-5-6-7-8-9-10-11-12-13-14-15-16-17-18-19-20-21-22-23-24-28-31-33(2,3)32-29-26-25-27-30-32/h25-27,29-30H,1,4-24,28,31H2,2-3H3. The van der Waals surface area contributed by atoms with E-state index in [9.17, 15) is 0 Å². The molecule has 0 saturated carbocycles. The molecule has 0 amide bonds. The molecular formula is C32H59Si. The van der Waals surface area contributed by atoms with Crippen molar-refractivity contribution >= 4 is 13.3 Å². The molecule has 0 N–H and O–H groups in total. The highest BCUT2D eigenvalue weighted by Gasteiger charge is 2.21. The van der Waals surface area contributed by atoms with Crippen LogP contribution in [0.3, 0.4) is 0 Å². The van der Waals surface area contributed by atoms with Crippen molar-refractivity contribution in [2.45, 2.75) is 160 Å². The Morgan fingerprint density at radius 1 is 0.455 bits per heavy atom. The van der Waals surface area contributed by atoms with Crippen molar-refractivity contribution in [3.63, 3.8) is 0 Å². The van der Waals surface area contributed by atoms with Crippen LogP contribution in [0.4, 0.5) is 0 Å². The predicted octanol–water partition coefficient (Wildman–Crippen LogP) is 11.0. The Balaban J connectivity index is 1.74. The summed E-state index contributed by atoms with van der Waals surface area (Å²) in [5.74, 6) is 0. The summed E-state index contributed by atoms with van der Waals surface area (Å²) in [6.07, 6.45) is 31.7. The average Bonchev–Trinajstić information content (AvgIpc) is 2.83. The van der Waals surface area contributed by atoms with E-state index >= 15 is 0 Å². The maximum atomic E-state index is 3.92. The predicted molar refractivity (Wildman–Crippen MR) is 155 cm³/mol. The van der Waals surface area contributed by atoms with Gasteiger partial charge in [-0.25, -0.2) is 0 Å². The molecule has 0 spiro atoms. The normalized spacial score (nSPS) is 11.8. The van der Waals surface area contributed by atoms with Crippen LogP contribution >= 0.6 is 0 Å².